The first-order valence-electron chi connectivity index (χ1n) is 13.3. The van der Waals surface area contributed by atoms with Gasteiger partial charge in [-0.15, -0.1) is 0 Å². The van der Waals surface area contributed by atoms with E-state index in [1.165, 1.54) is 4.90 Å². The van der Waals surface area contributed by atoms with Crippen molar-refractivity contribution in [2.75, 3.05) is 18.5 Å². The lowest BCUT2D eigenvalue weighted by Gasteiger charge is -2.41. The number of hydrogen-bond donors (Lipinski definition) is 2. The first-order chi connectivity index (χ1) is 19.0. The molecule has 0 spiro atoms. The molecule has 0 radical (unpaired) electrons. The van der Waals surface area contributed by atoms with E-state index in [-0.39, 0.29) is 49.2 Å². The summed E-state index contributed by atoms with van der Waals surface area (Å²) in [5.41, 5.74) is 1.48. The summed E-state index contributed by atoms with van der Waals surface area (Å²) in [4.78, 5) is 65.0. The predicted octanol–water partition coefficient (Wildman–Crippen LogP) is 3.09. The lowest BCUT2D eigenvalue weighted by atomic mass is 10.0. The van der Waals surface area contributed by atoms with Gasteiger partial charge < -0.3 is 24.6 Å². The summed E-state index contributed by atoms with van der Waals surface area (Å²) in [6, 6.07) is 11.0. The molecule has 2 aromatic carbocycles. The van der Waals surface area contributed by atoms with Crippen molar-refractivity contribution in [3.63, 3.8) is 0 Å². The van der Waals surface area contributed by atoms with Crippen molar-refractivity contribution in [2.24, 2.45) is 0 Å². The number of imide groups is 1. The number of carbonyl (C=O) groups is 5. The van der Waals surface area contributed by atoms with Crippen LogP contribution in [0.3, 0.4) is 0 Å². The Morgan fingerprint density at radius 2 is 1.80 bits per heavy atom. The summed E-state index contributed by atoms with van der Waals surface area (Å²) in [5.74, 6) is -0.887. The van der Waals surface area contributed by atoms with Crippen LogP contribution in [0.2, 0.25) is 0 Å². The number of carbonyl (C=O) groups excluding carboxylic acids is 5. The molecule has 3 heterocycles. The molecule has 210 valence electrons. The van der Waals surface area contributed by atoms with Gasteiger partial charge in [-0.1, -0.05) is 6.07 Å². The van der Waals surface area contributed by atoms with Crippen molar-refractivity contribution in [3.05, 3.63) is 59.2 Å². The Labute approximate surface area is 231 Å². The first kappa shape index (κ1) is 27.2. The number of piperidine rings is 1. The van der Waals surface area contributed by atoms with Crippen LogP contribution in [0.1, 0.15) is 66.3 Å². The van der Waals surface area contributed by atoms with Gasteiger partial charge in [0.25, 0.3) is 11.8 Å². The first-order valence-corrected chi connectivity index (χ1v) is 13.3. The smallest absolute Gasteiger partial charge is 0.410 e. The summed E-state index contributed by atoms with van der Waals surface area (Å²) in [6.07, 6.45) is 0.952. The highest BCUT2D eigenvalue weighted by molar-refractivity contribution is 6.07. The maximum Gasteiger partial charge on any atom is 0.410 e. The molecule has 0 saturated carbocycles. The van der Waals surface area contributed by atoms with Gasteiger partial charge in [0.05, 0.1) is 6.04 Å². The normalized spacial score (nSPS) is 20.4. The largest absolute Gasteiger partial charge is 0.491 e. The zero-order chi connectivity index (χ0) is 28.6. The van der Waals surface area contributed by atoms with Gasteiger partial charge >= 0.3 is 6.09 Å². The van der Waals surface area contributed by atoms with Crippen LogP contribution in [-0.4, -0.2) is 70.4 Å². The van der Waals surface area contributed by atoms with Gasteiger partial charge in [-0.3, -0.25) is 24.5 Å². The minimum Gasteiger partial charge on any atom is -0.491 e. The summed E-state index contributed by atoms with van der Waals surface area (Å²) >= 11 is 0. The van der Waals surface area contributed by atoms with Gasteiger partial charge in [0, 0.05) is 36.3 Å². The molecule has 2 saturated heterocycles. The Balaban J connectivity index is 1.15. The molecule has 11 nitrogen and oxygen atoms in total. The number of anilines is 1. The third kappa shape index (κ3) is 5.78. The van der Waals surface area contributed by atoms with Gasteiger partial charge in [-0.25, -0.2) is 4.79 Å². The van der Waals surface area contributed by atoms with Crippen LogP contribution >= 0.6 is 0 Å². The predicted molar refractivity (Wildman–Crippen MR) is 144 cm³/mol. The summed E-state index contributed by atoms with van der Waals surface area (Å²) < 4.78 is 11.3. The van der Waals surface area contributed by atoms with Gasteiger partial charge in [-0.2, -0.15) is 0 Å². The van der Waals surface area contributed by atoms with Crippen molar-refractivity contribution in [3.8, 4) is 5.75 Å². The van der Waals surface area contributed by atoms with Crippen LogP contribution in [0.15, 0.2) is 42.5 Å². The minimum atomic E-state index is -0.693. The van der Waals surface area contributed by atoms with Crippen LogP contribution in [0.25, 0.3) is 0 Å². The van der Waals surface area contributed by atoms with Crippen LogP contribution in [0.4, 0.5) is 10.5 Å². The third-order valence-electron chi connectivity index (χ3n) is 7.12. The second-order valence-corrected chi connectivity index (χ2v) is 11.2. The standard InChI is InChI=1S/C29H32N4O7/c1-29(2,3)40-28(38)32-13-12-20(32)16-39-21-8-5-17(6-9-21)25(35)30-19-7-4-18-15-33(27(37)22(18)14-19)23-10-11-24(34)31-26(23)36/h4-9,14,20,23H,10-13,15-16H2,1-3H3,(H,30,35)(H,31,34,36). The second kappa shape index (κ2) is 10.6. The maximum atomic E-state index is 13.0. The zero-order valence-corrected chi connectivity index (χ0v) is 22.7. The average molecular weight is 549 g/mol. The Hall–Kier alpha value is -4.41. The third-order valence-corrected chi connectivity index (χ3v) is 7.12. The van der Waals surface area contributed by atoms with E-state index in [1.807, 2.05) is 20.8 Å². The highest BCUT2D eigenvalue weighted by Crippen LogP contribution is 2.30. The van der Waals surface area contributed by atoms with E-state index < -0.39 is 17.6 Å². The number of nitrogens with one attached hydrogen (secondary N) is 2. The number of nitrogens with zero attached hydrogens (tertiary/aromatic N) is 2. The second-order valence-electron chi connectivity index (χ2n) is 11.2. The summed E-state index contributed by atoms with van der Waals surface area (Å²) in [5, 5.41) is 5.10. The van der Waals surface area contributed by atoms with E-state index in [1.54, 1.807) is 47.4 Å². The quantitative estimate of drug-likeness (QED) is 0.530. The van der Waals surface area contributed by atoms with Crippen molar-refractivity contribution < 1.29 is 33.4 Å². The topological polar surface area (TPSA) is 134 Å². The Kier molecular flexibility index (Phi) is 7.22. The SMILES string of the molecule is CC(C)(C)OC(=O)N1CCC1COc1ccc(C(=O)Nc2ccc3c(c2)C(=O)N(C2CCC(=O)NC2=O)C3)cc1. The van der Waals surface area contributed by atoms with E-state index in [2.05, 4.69) is 10.6 Å². The Morgan fingerprint density at radius 1 is 1.05 bits per heavy atom. The van der Waals surface area contributed by atoms with Crippen molar-refractivity contribution in [2.45, 2.75) is 64.3 Å². The molecule has 2 aromatic rings. The van der Waals surface area contributed by atoms with E-state index in [0.717, 1.165) is 12.0 Å². The molecule has 40 heavy (non-hydrogen) atoms. The highest BCUT2D eigenvalue weighted by atomic mass is 16.6. The fourth-order valence-corrected chi connectivity index (χ4v) is 4.91. The number of rotatable bonds is 6. The molecule has 0 aliphatic carbocycles. The van der Waals surface area contributed by atoms with E-state index in [9.17, 15) is 24.0 Å². The molecule has 3 aliphatic rings. The number of benzene rings is 2. The van der Waals surface area contributed by atoms with Crippen molar-refractivity contribution >= 4 is 35.4 Å². The molecule has 5 amide bonds. The maximum absolute atomic E-state index is 13.0. The van der Waals surface area contributed by atoms with Crippen molar-refractivity contribution in [1.82, 2.24) is 15.1 Å². The lowest BCUT2D eigenvalue weighted by molar-refractivity contribution is -0.136. The number of amides is 5. The average Bonchev–Trinajstić information content (AvgIpc) is 3.18. The Bertz CT molecular complexity index is 1370. The van der Waals surface area contributed by atoms with E-state index in [4.69, 9.17) is 9.47 Å². The monoisotopic (exact) mass is 548 g/mol. The zero-order valence-electron chi connectivity index (χ0n) is 22.7. The fraction of sp³-hybridized carbons (Fsp3) is 0.414. The summed E-state index contributed by atoms with van der Waals surface area (Å²) in [6.45, 7) is 6.71. The number of fused-ring (bicyclic) bond motifs is 1. The molecule has 5 rings (SSSR count). The molecule has 2 atom stereocenters. The Morgan fingerprint density at radius 3 is 2.45 bits per heavy atom. The van der Waals surface area contributed by atoms with Crippen LogP contribution in [-0.2, 0) is 20.9 Å². The molecule has 0 aromatic heterocycles. The number of likely N-dealkylation sites (tertiary alicyclic amines) is 1. The molecular weight excluding hydrogens is 516 g/mol. The minimum absolute atomic E-state index is 0.0637. The van der Waals surface area contributed by atoms with Gasteiger partial charge in [0.2, 0.25) is 11.8 Å². The lowest BCUT2D eigenvalue weighted by Crippen LogP contribution is -2.55. The van der Waals surface area contributed by atoms with Crippen molar-refractivity contribution in [1.29, 1.82) is 0 Å². The van der Waals surface area contributed by atoms with E-state index >= 15 is 0 Å². The molecule has 2 N–H and O–H groups in total. The van der Waals surface area contributed by atoms with Gasteiger partial charge in [-0.05, 0) is 75.6 Å². The van der Waals surface area contributed by atoms with Crippen LogP contribution in [0, 0.1) is 0 Å². The molecule has 0 bridgehead atoms. The molecule has 3 aliphatic heterocycles. The highest BCUT2D eigenvalue weighted by Gasteiger charge is 2.39. The molecule has 11 heteroatoms. The number of ether oxygens (including phenoxy) is 2. The van der Waals surface area contributed by atoms with E-state index in [0.29, 0.717) is 35.7 Å². The molecule has 2 unspecified atom stereocenters. The van der Waals surface area contributed by atoms with Crippen LogP contribution < -0.4 is 15.4 Å². The van der Waals surface area contributed by atoms with Gasteiger partial charge in [0.15, 0.2) is 0 Å². The molecule has 2 fully saturated rings. The van der Waals surface area contributed by atoms with Crippen LogP contribution in [0.5, 0.6) is 5.75 Å². The number of hydrogen-bond acceptors (Lipinski definition) is 7. The fourth-order valence-electron chi connectivity index (χ4n) is 4.91. The summed E-state index contributed by atoms with van der Waals surface area (Å²) in [7, 11) is 0. The van der Waals surface area contributed by atoms with Gasteiger partial charge in [0.1, 0.15) is 24.0 Å². The molecular formula is C29H32N4O7.